The van der Waals surface area contributed by atoms with Gasteiger partial charge in [0.15, 0.2) is 0 Å². The third kappa shape index (κ3) is 3.29. The van der Waals surface area contributed by atoms with E-state index in [0.29, 0.717) is 18.1 Å². The van der Waals surface area contributed by atoms with Gasteiger partial charge in [-0.1, -0.05) is 6.07 Å². The molecule has 0 unspecified atom stereocenters. The van der Waals surface area contributed by atoms with E-state index in [1.54, 1.807) is 17.8 Å². The number of methoxy groups -OCH3 is 1. The molecule has 0 aliphatic rings. The molecule has 1 aromatic carbocycles. The van der Waals surface area contributed by atoms with E-state index in [2.05, 4.69) is 10.4 Å². The Morgan fingerprint density at radius 3 is 2.67 bits per heavy atom. The molecule has 0 saturated carbocycles. The number of rotatable bonds is 4. The largest absolute Gasteiger partial charge is 0.481 e. The third-order valence-corrected chi connectivity index (χ3v) is 3.14. The fourth-order valence-electron chi connectivity index (χ4n) is 2.14. The monoisotopic (exact) mass is 299 g/mol. The van der Waals surface area contributed by atoms with Gasteiger partial charge in [-0.15, -0.1) is 0 Å². The van der Waals surface area contributed by atoms with E-state index in [4.69, 9.17) is 4.74 Å². The van der Waals surface area contributed by atoms with Gasteiger partial charge in [-0.25, -0.2) is 4.68 Å². The maximum absolute atomic E-state index is 12.7. The lowest BCUT2D eigenvalue weighted by Gasteiger charge is -2.11. The first-order valence-corrected chi connectivity index (χ1v) is 6.30. The van der Waals surface area contributed by atoms with Crippen molar-refractivity contribution in [1.29, 1.82) is 0 Å². The number of alkyl halides is 3. The Morgan fingerprint density at radius 2 is 2.05 bits per heavy atom. The van der Waals surface area contributed by atoms with Crippen LogP contribution in [0.2, 0.25) is 0 Å². The summed E-state index contributed by atoms with van der Waals surface area (Å²) in [5.41, 5.74) is 1.31. The summed E-state index contributed by atoms with van der Waals surface area (Å²) >= 11 is 0. The molecule has 21 heavy (non-hydrogen) atoms. The maximum atomic E-state index is 12.7. The molecule has 7 heteroatoms. The number of nitrogens with zero attached hydrogens (tertiary/aromatic N) is 2. The first kappa shape index (κ1) is 15.2. The highest BCUT2D eigenvalue weighted by atomic mass is 19.4. The van der Waals surface area contributed by atoms with Gasteiger partial charge in [-0.3, -0.25) is 0 Å². The van der Waals surface area contributed by atoms with Gasteiger partial charge in [0.2, 0.25) is 5.88 Å². The molecule has 1 N–H and O–H groups in total. The summed E-state index contributed by atoms with van der Waals surface area (Å²) in [7, 11) is 3.28. The van der Waals surface area contributed by atoms with Crippen molar-refractivity contribution in [3.05, 3.63) is 41.1 Å². The molecule has 2 aromatic rings. The summed E-state index contributed by atoms with van der Waals surface area (Å²) in [6, 6.07) is 5.09. The molecular formula is C14H16F3N3O. The lowest BCUT2D eigenvalue weighted by atomic mass is 10.2. The molecule has 0 amide bonds. The normalized spacial score (nSPS) is 11.5. The number of halogens is 3. The summed E-state index contributed by atoms with van der Waals surface area (Å²) in [4.78, 5) is 0. The Kier molecular flexibility index (Phi) is 4.11. The highest BCUT2D eigenvalue weighted by Gasteiger charge is 2.30. The minimum absolute atomic E-state index is 0.337. The minimum atomic E-state index is -4.35. The quantitative estimate of drug-likeness (QED) is 0.941. The smallest absolute Gasteiger partial charge is 0.416 e. The second kappa shape index (κ2) is 5.67. The van der Waals surface area contributed by atoms with Crippen LogP contribution < -0.4 is 10.1 Å². The van der Waals surface area contributed by atoms with E-state index in [0.717, 1.165) is 23.4 Å². The molecule has 0 bridgehead atoms. The van der Waals surface area contributed by atoms with Gasteiger partial charge < -0.3 is 10.1 Å². The van der Waals surface area contributed by atoms with Crippen molar-refractivity contribution in [2.75, 3.05) is 12.4 Å². The number of benzene rings is 1. The third-order valence-electron chi connectivity index (χ3n) is 3.14. The molecule has 0 fully saturated rings. The van der Waals surface area contributed by atoms with E-state index < -0.39 is 11.7 Å². The summed E-state index contributed by atoms with van der Waals surface area (Å²) < 4.78 is 44.8. The Morgan fingerprint density at radius 1 is 1.33 bits per heavy atom. The summed E-state index contributed by atoms with van der Waals surface area (Å²) in [5, 5.41) is 7.19. The molecule has 1 heterocycles. The molecule has 2 rings (SSSR count). The SMILES string of the molecule is COc1c(CNc2cccc(C(F)(F)F)c2)c(C)nn1C. The molecule has 114 valence electrons. The predicted octanol–water partition coefficient (Wildman–Crippen LogP) is 3.37. The number of nitrogens with one attached hydrogen (secondary N) is 1. The average Bonchev–Trinajstić information content (AvgIpc) is 2.69. The molecule has 0 aliphatic carbocycles. The first-order valence-electron chi connectivity index (χ1n) is 6.30. The van der Waals surface area contributed by atoms with Crippen LogP contribution in [0.3, 0.4) is 0 Å². The Labute approximate surface area is 120 Å². The van der Waals surface area contributed by atoms with Crippen molar-refractivity contribution in [3.8, 4) is 5.88 Å². The van der Waals surface area contributed by atoms with Crippen molar-refractivity contribution in [2.24, 2.45) is 7.05 Å². The van der Waals surface area contributed by atoms with Crippen LogP contribution in [0.1, 0.15) is 16.8 Å². The predicted molar refractivity (Wildman–Crippen MR) is 73.3 cm³/mol. The molecular weight excluding hydrogens is 283 g/mol. The van der Waals surface area contributed by atoms with Crippen molar-refractivity contribution >= 4 is 5.69 Å². The fourth-order valence-corrected chi connectivity index (χ4v) is 2.14. The van der Waals surface area contributed by atoms with Crippen molar-refractivity contribution in [1.82, 2.24) is 9.78 Å². The van der Waals surface area contributed by atoms with Gasteiger partial charge >= 0.3 is 6.18 Å². The summed E-state index contributed by atoms with van der Waals surface area (Å²) in [6.45, 7) is 2.16. The van der Waals surface area contributed by atoms with Gasteiger partial charge in [-0.05, 0) is 25.1 Å². The fraction of sp³-hybridized carbons (Fsp3) is 0.357. The molecule has 0 saturated heterocycles. The number of ether oxygens (including phenoxy) is 1. The van der Waals surface area contributed by atoms with Gasteiger partial charge in [0.25, 0.3) is 0 Å². The van der Waals surface area contributed by atoms with Crippen molar-refractivity contribution in [2.45, 2.75) is 19.6 Å². The van der Waals surface area contributed by atoms with Gasteiger partial charge in [0.05, 0.1) is 23.9 Å². The zero-order valence-electron chi connectivity index (χ0n) is 12.0. The van der Waals surface area contributed by atoms with E-state index in [-0.39, 0.29) is 0 Å². The maximum Gasteiger partial charge on any atom is 0.416 e. The molecule has 0 radical (unpaired) electrons. The van der Waals surface area contributed by atoms with Gasteiger partial charge in [0, 0.05) is 19.3 Å². The van der Waals surface area contributed by atoms with Crippen LogP contribution in [-0.2, 0) is 19.8 Å². The first-order chi connectivity index (χ1) is 9.82. The Balaban J connectivity index is 2.17. The van der Waals surface area contributed by atoms with Crippen LogP contribution in [0, 0.1) is 6.92 Å². The van der Waals surface area contributed by atoms with Crippen LogP contribution in [0.4, 0.5) is 18.9 Å². The van der Waals surface area contributed by atoms with E-state index >= 15 is 0 Å². The molecule has 0 atom stereocenters. The molecule has 4 nitrogen and oxygen atoms in total. The average molecular weight is 299 g/mol. The number of hydrogen-bond donors (Lipinski definition) is 1. The molecule has 1 aromatic heterocycles. The Hall–Kier alpha value is -2.18. The van der Waals surface area contributed by atoms with Gasteiger partial charge in [0.1, 0.15) is 0 Å². The van der Waals surface area contributed by atoms with E-state index in [1.165, 1.54) is 13.2 Å². The number of hydrogen-bond acceptors (Lipinski definition) is 3. The van der Waals surface area contributed by atoms with Crippen LogP contribution >= 0.6 is 0 Å². The van der Waals surface area contributed by atoms with Gasteiger partial charge in [-0.2, -0.15) is 18.3 Å². The van der Waals surface area contributed by atoms with Crippen LogP contribution in [0.15, 0.2) is 24.3 Å². The summed E-state index contributed by atoms with van der Waals surface area (Å²) in [5.74, 6) is 0.590. The molecule has 0 spiro atoms. The molecule has 0 aliphatic heterocycles. The number of anilines is 1. The van der Waals surface area contributed by atoms with Crippen LogP contribution in [-0.4, -0.2) is 16.9 Å². The highest BCUT2D eigenvalue weighted by molar-refractivity contribution is 5.48. The minimum Gasteiger partial charge on any atom is -0.481 e. The second-order valence-corrected chi connectivity index (χ2v) is 4.63. The lowest BCUT2D eigenvalue weighted by molar-refractivity contribution is -0.137. The Bertz CT molecular complexity index is 635. The zero-order chi connectivity index (χ0) is 15.6. The highest BCUT2D eigenvalue weighted by Crippen LogP contribution is 2.31. The topological polar surface area (TPSA) is 39.1 Å². The summed E-state index contributed by atoms with van der Waals surface area (Å²) in [6.07, 6.45) is -4.35. The standard InChI is InChI=1S/C14H16F3N3O/c1-9-12(13(21-3)20(2)19-9)8-18-11-6-4-5-10(7-11)14(15,16)17/h4-7,18H,8H2,1-3H3. The van der Waals surface area contributed by atoms with E-state index in [9.17, 15) is 13.2 Å². The number of aryl methyl sites for hydroxylation is 2. The van der Waals surface area contributed by atoms with Crippen LogP contribution in [0.25, 0.3) is 0 Å². The zero-order valence-corrected chi connectivity index (χ0v) is 12.0. The van der Waals surface area contributed by atoms with Crippen LogP contribution in [0.5, 0.6) is 5.88 Å². The number of aromatic nitrogens is 2. The second-order valence-electron chi connectivity index (χ2n) is 4.63. The lowest BCUT2D eigenvalue weighted by Crippen LogP contribution is -2.07. The van der Waals surface area contributed by atoms with E-state index in [1.807, 2.05) is 6.92 Å². The van der Waals surface area contributed by atoms with Crippen molar-refractivity contribution in [3.63, 3.8) is 0 Å². The van der Waals surface area contributed by atoms with Crippen molar-refractivity contribution < 1.29 is 17.9 Å².